The third kappa shape index (κ3) is 12.7. The number of thioether (sulfide) groups is 1. The molecule has 0 radical (unpaired) electrons. The fourth-order valence-electron chi connectivity index (χ4n) is 4.77. The van der Waals surface area contributed by atoms with Crippen molar-refractivity contribution in [1.29, 1.82) is 0 Å². The third-order valence-electron chi connectivity index (χ3n) is 7.62. The lowest BCUT2D eigenvalue weighted by atomic mass is 9.91. The van der Waals surface area contributed by atoms with Crippen LogP contribution in [0.25, 0.3) is 0 Å². The monoisotopic (exact) mass is 579 g/mol. The van der Waals surface area contributed by atoms with E-state index in [9.17, 15) is 9.59 Å². The molecule has 7 nitrogen and oxygen atoms in total. The molecular formula is C32H61N5O2S. The lowest BCUT2D eigenvalue weighted by Gasteiger charge is -2.29. The maximum Gasteiger partial charge on any atom is 0.242 e. The van der Waals surface area contributed by atoms with Gasteiger partial charge in [-0.25, -0.2) is 4.99 Å². The van der Waals surface area contributed by atoms with Gasteiger partial charge in [-0.15, -0.1) is 0 Å². The number of nitrogens with one attached hydrogen (secondary N) is 1. The molecule has 232 valence electrons. The second kappa shape index (κ2) is 20.9. The molecule has 40 heavy (non-hydrogen) atoms. The summed E-state index contributed by atoms with van der Waals surface area (Å²) < 4.78 is -0.587. The Balaban J connectivity index is 0. The Kier molecular flexibility index (Phi) is 21.0. The molecule has 2 aliphatic rings. The number of carbonyl (C=O) groups is 2. The zero-order valence-corrected chi connectivity index (χ0v) is 28.3. The van der Waals surface area contributed by atoms with Crippen LogP contribution in [0.2, 0.25) is 0 Å². The highest BCUT2D eigenvalue weighted by atomic mass is 32.2. The predicted octanol–water partition coefficient (Wildman–Crippen LogP) is 6.66. The van der Waals surface area contributed by atoms with Crippen LogP contribution in [0.1, 0.15) is 101 Å². The molecule has 5 N–H and O–H groups in total. The van der Waals surface area contributed by atoms with E-state index in [4.69, 9.17) is 10.7 Å². The molecule has 5 atom stereocenters. The number of aliphatic imine (C=N–C) groups is 1. The number of hydrogen-bond donors (Lipinski definition) is 3. The van der Waals surface area contributed by atoms with Gasteiger partial charge in [0.2, 0.25) is 11.8 Å². The Morgan fingerprint density at radius 1 is 1.30 bits per heavy atom. The summed E-state index contributed by atoms with van der Waals surface area (Å²) in [6, 6.07) is 0. The minimum absolute atomic E-state index is 0.00557. The van der Waals surface area contributed by atoms with Gasteiger partial charge in [-0.1, -0.05) is 95.7 Å². The fraction of sp³-hybridized carbons (Fsp3) is 0.719. The molecule has 1 saturated heterocycles. The van der Waals surface area contributed by atoms with Gasteiger partial charge in [-0.05, 0) is 71.8 Å². The lowest BCUT2D eigenvalue weighted by Crippen LogP contribution is -2.43. The SMILES string of the molecule is C=C/C(C)=C\C=C/C.CC.CCCC1CC(C)C(N)(/N=C2/NC(=O)C(C)(C(C)CCN(CC)C(C)=O)S2)C1.CN. The zero-order chi connectivity index (χ0) is 31.5. The van der Waals surface area contributed by atoms with E-state index in [1.807, 2.05) is 70.7 Å². The van der Waals surface area contributed by atoms with Crippen LogP contribution >= 0.6 is 11.8 Å². The Morgan fingerprint density at radius 3 is 2.38 bits per heavy atom. The molecule has 0 aromatic rings. The van der Waals surface area contributed by atoms with Crippen LogP contribution < -0.4 is 16.8 Å². The highest BCUT2D eigenvalue weighted by Crippen LogP contribution is 2.44. The summed E-state index contributed by atoms with van der Waals surface area (Å²) in [5.41, 5.74) is 11.8. The summed E-state index contributed by atoms with van der Waals surface area (Å²) in [7, 11) is 1.50. The Morgan fingerprint density at radius 2 is 1.90 bits per heavy atom. The molecule has 0 aromatic heterocycles. The molecular weight excluding hydrogens is 518 g/mol. The maximum absolute atomic E-state index is 12.8. The number of allylic oxidation sites excluding steroid dienone is 5. The van der Waals surface area contributed by atoms with Crippen molar-refractivity contribution >= 4 is 28.7 Å². The number of nitrogens with two attached hydrogens (primary N) is 2. The van der Waals surface area contributed by atoms with Gasteiger partial charge in [-0.3, -0.25) is 9.59 Å². The zero-order valence-electron chi connectivity index (χ0n) is 27.5. The summed E-state index contributed by atoms with van der Waals surface area (Å²) in [6.07, 6.45) is 13.0. The average Bonchev–Trinajstić information content (AvgIpc) is 3.38. The minimum Gasteiger partial charge on any atom is -0.343 e. The van der Waals surface area contributed by atoms with Crippen LogP contribution in [0.3, 0.4) is 0 Å². The first kappa shape index (κ1) is 40.2. The van der Waals surface area contributed by atoms with E-state index in [1.54, 1.807) is 6.92 Å². The van der Waals surface area contributed by atoms with Crippen LogP contribution in [0.15, 0.2) is 41.4 Å². The second-order valence-corrected chi connectivity index (χ2v) is 11.9. The number of amidine groups is 1. The van der Waals surface area contributed by atoms with Crippen LogP contribution in [0.4, 0.5) is 0 Å². The summed E-state index contributed by atoms with van der Waals surface area (Å²) in [5.74, 6) is 1.11. The molecule has 0 aromatic carbocycles. The van der Waals surface area contributed by atoms with Gasteiger partial charge in [0.25, 0.3) is 0 Å². The minimum atomic E-state index is -0.587. The van der Waals surface area contributed by atoms with Crippen LogP contribution in [0.5, 0.6) is 0 Å². The van der Waals surface area contributed by atoms with E-state index in [0.29, 0.717) is 30.1 Å². The Bertz CT molecular complexity index is 856. The highest BCUT2D eigenvalue weighted by molar-refractivity contribution is 8.16. The van der Waals surface area contributed by atoms with Crippen molar-refractivity contribution in [3.63, 3.8) is 0 Å². The molecule has 1 aliphatic heterocycles. The number of carbonyl (C=O) groups excluding carboxylic acids is 2. The highest BCUT2D eigenvalue weighted by Gasteiger charge is 2.49. The molecule has 0 spiro atoms. The third-order valence-corrected chi connectivity index (χ3v) is 9.01. The largest absolute Gasteiger partial charge is 0.343 e. The van der Waals surface area contributed by atoms with E-state index in [-0.39, 0.29) is 17.7 Å². The topological polar surface area (TPSA) is 114 Å². The Labute approximate surface area is 250 Å². The maximum atomic E-state index is 12.8. The fourth-order valence-corrected chi connectivity index (χ4v) is 6.00. The van der Waals surface area contributed by atoms with Crippen molar-refractivity contribution in [2.75, 3.05) is 20.1 Å². The van der Waals surface area contributed by atoms with E-state index >= 15 is 0 Å². The summed E-state index contributed by atoms with van der Waals surface area (Å²) >= 11 is 1.50. The van der Waals surface area contributed by atoms with E-state index in [2.05, 4.69) is 38.4 Å². The molecule has 2 fully saturated rings. The van der Waals surface area contributed by atoms with E-state index in [0.717, 1.165) is 19.3 Å². The Hall–Kier alpha value is -1.90. The van der Waals surface area contributed by atoms with Gasteiger partial charge < -0.3 is 21.7 Å². The van der Waals surface area contributed by atoms with E-state index < -0.39 is 10.4 Å². The van der Waals surface area contributed by atoms with Crippen LogP contribution in [-0.2, 0) is 9.59 Å². The standard InChI is InChI=1S/C21H38N4O2S.C8H12.C2H6.CH5N/c1-7-9-17-12-15(4)21(22,13-17)24-19-23-18(27)20(6,28-19)14(3)10-11-25(8-2)16(5)26;1-4-6-7-8(3)5-2;2*1-2/h14-15,17H,7-13,22H2,1-6H3,(H,23,24,27);4-7H,2H2,1,3H3;1-2H3;2H2,1H3/b;6-4-,8-7-;;. The molecule has 1 aliphatic carbocycles. The molecule has 1 heterocycles. The number of hydrogen-bond acceptors (Lipinski definition) is 6. The van der Waals surface area contributed by atoms with Crippen LogP contribution in [0, 0.1) is 17.8 Å². The van der Waals surface area contributed by atoms with Gasteiger partial charge in [-0.2, -0.15) is 0 Å². The van der Waals surface area contributed by atoms with Crippen molar-refractivity contribution in [1.82, 2.24) is 10.2 Å². The molecule has 2 amide bonds. The first-order valence-electron chi connectivity index (χ1n) is 15.0. The van der Waals surface area contributed by atoms with Crippen molar-refractivity contribution < 1.29 is 9.59 Å². The van der Waals surface area contributed by atoms with Crippen LogP contribution in [-0.4, -0.2) is 52.4 Å². The van der Waals surface area contributed by atoms with Gasteiger partial charge in [0, 0.05) is 20.0 Å². The quantitative estimate of drug-likeness (QED) is 0.251. The first-order chi connectivity index (χ1) is 18.9. The van der Waals surface area contributed by atoms with Gasteiger partial charge >= 0.3 is 0 Å². The smallest absolute Gasteiger partial charge is 0.242 e. The number of rotatable bonds is 10. The molecule has 5 unspecified atom stereocenters. The average molecular weight is 580 g/mol. The molecule has 0 bridgehead atoms. The van der Waals surface area contributed by atoms with Crippen molar-refractivity contribution in [3.05, 3.63) is 36.5 Å². The molecule has 2 rings (SSSR count). The summed E-state index contributed by atoms with van der Waals surface area (Å²) in [4.78, 5) is 31.1. The predicted molar refractivity (Wildman–Crippen MR) is 177 cm³/mol. The van der Waals surface area contributed by atoms with Crippen molar-refractivity contribution in [2.24, 2.45) is 34.2 Å². The second-order valence-electron chi connectivity index (χ2n) is 10.5. The first-order valence-corrected chi connectivity index (χ1v) is 15.8. The van der Waals surface area contributed by atoms with Crippen molar-refractivity contribution in [3.8, 4) is 0 Å². The lowest BCUT2D eigenvalue weighted by molar-refractivity contribution is -0.128. The summed E-state index contributed by atoms with van der Waals surface area (Å²) in [6.45, 7) is 25.0. The molecule has 1 saturated carbocycles. The summed E-state index contributed by atoms with van der Waals surface area (Å²) in [5, 5.41) is 3.64. The van der Waals surface area contributed by atoms with Crippen molar-refractivity contribution in [2.45, 2.75) is 112 Å². The van der Waals surface area contributed by atoms with Gasteiger partial charge in [0.15, 0.2) is 5.17 Å². The molecule has 8 heteroatoms. The van der Waals surface area contributed by atoms with E-state index in [1.165, 1.54) is 37.2 Å². The number of amides is 2. The van der Waals surface area contributed by atoms with Gasteiger partial charge in [0.05, 0.1) is 0 Å². The normalized spacial score (nSPS) is 27.5. The van der Waals surface area contributed by atoms with Gasteiger partial charge in [0.1, 0.15) is 10.4 Å². The number of nitrogens with zero attached hydrogens (tertiary/aromatic N) is 2.